The second-order valence-electron chi connectivity index (χ2n) is 6.87. The Labute approximate surface area is 182 Å². The molecule has 0 aliphatic rings. The Kier molecular flexibility index (Phi) is 6.26. The minimum absolute atomic E-state index is 0.477. The van der Waals surface area contributed by atoms with Crippen molar-refractivity contribution in [1.82, 2.24) is 9.55 Å². The summed E-state index contributed by atoms with van der Waals surface area (Å²) in [6, 6.07) is 21.7. The molecule has 0 fully saturated rings. The maximum atomic E-state index is 6.07. The monoisotopic (exact) mass is 418 g/mol. The minimum Gasteiger partial charge on any atom is -0.493 e. The fraction of sp³-hybridized carbons (Fsp3) is 0.240. The van der Waals surface area contributed by atoms with Crippen molar-refractivity contribution in [2.24, 2.45) is 0 Å². The summed E-state index contributed by atoms with van der Waals surface area (Å²) in [6.07, 6.45) is 0. The van der Waals surface area contributed by atoms with E-state index in [1.807, 2.05) is 67.6 Å². The van der Waals surface area contributed by atoms with Gasteiger partial charge in [0.2, 0.25) is 0 Å². The lowest BCUT2D eigenvalue weighted by molar-refractivity contribution is 0.268. The first-order valence-electron chi connectivity index (χ1n) is 10.3. The van der Waals surface area contributed by atoms with Crippen molar-refractivity contribution in [3.05, 3.63) is 66.7 Å². The largest absolute Gasteiger partial charge is 0.493 e. The van der Waals surface area contributed by atoms with Gasteiger partial charge in [-0.3, -0.25) is 0 Å². The first-order valence-corrected chi connectivity index (χ1v) is 10.3. The number of hydrogen-bond acceptors (Lipinski definition) is 5. The van der Waals surface area contributed by atoms with Crippen LogP contribution in [0.1, 0.15) is 6.92 Å². The van der Waals surface area contributed by atoms with Crippen LogP contribution >= 0.6 is 0 Å². The molecule has 3 aromatic carbocycles. The van der Waals surface area contributed by atoms with Crippen molar-refractivity contribution < 1.29 is 18.9 Å². The third-order valence-corrected chi connectivity index (χ3v) is 5.02. The van der Waals surface area contributed by atoms with Crippen molar-refractivity contribution in [3.8, 4) is 34.4 Å². The summed E-state index contributed by atoms with van der Waals surface area (Å²) in [5.41, 5.74) is 2.93. The summed E-state index contributed by atoms with van der Waals surface area (Å²) in [6.45, 7) is 3.66. The summed E-state index contributed by atoms with van der Waals surface area (Å²) in [4.78, 5) is 4.87. The van der Waals surface area contributed by atoms with Gasteiger partial charge >= 0.3 is 0 Å². The van der Waals surface area contributed by atoms with E-state index in [0.717, 1.165) is 33.9 Å². The number of fused-ring (bicyclic) bond motifs is 1. The molecule has 160 valence electrons. The van der Waals surface area contributed by atoms with Gasteiger partial charge < -0.3 is 23.5 Å². The normalized spacial score (nSPS) is 10.8. The van der Waals surface area contributed by atoms with Crippen molar-refractivity contribution in [1.29, 1.82) is 0 Å². The molecular weight excluding hydrogens is 392 g/mol. The predicted octanol–water partition coefficient (Wildman–Crippen LogP) is 5.20. The average molecular weight is 418 g/mol. The molecule has 0 bridgehead atoms. The first-order chi connectivity index (χ1) is 15.2. The Morgan fingerprint density at radius 3 is 2.23 bits per heavy atom. The van der Waals surface area contributed by atoms with E-state index < -0.39 is 0 Å². The van der Waals surface area contributed by atoms with E-state index in [1.54, 1.807) is 14.2 Å². The van der Waals surface area contributed by atoms with Crippen LogP contribution in [0.4, 0.5) is 0 Å². The van der Waals surface area contributed by atoms with Gasteiger partial charge in [0.05, 0.1) is 38.4 Å². The van der Waals surface area contributed by atoms with Gasteiger partial charge in [0.15, 0.2) is 23.0 Å². The predicted molar refractivity (Wildman–Crippen MR) is 121 cm³/mol. The standard InChI is InChI=1S/C25H26N2O4/c1-4-30-22-11-7-8-12-23(22)31-16-15-27-20-10-6-5-9-19(20)26-25(27)18-13-14-21(28-2)24(17-18)29-3/h5-14,17H,4,15-16H2,1-3H3. The number of aromatic nitrogens is 2. The molecule has 0 N–H and O–H groups in total. The maximum absolute atomic E-state index is 6.07. The number of ether oxygens (including phenoxy) is 4. The highest BCUT2D eigenvalue weighted by Crippen LogP contribution is 2.33. The fourth-order valence-electron chi connectivity index (χ4n) is 3.59. The van der Waals surface area contributed by atoms with Gasteiger partial charge in [-0.1, -0.05) is 24.3 Å². The number of rotatable bonds is 9. The Hall–Kier alpha value is -3.67. The topological polar surface area (TPSA) is 54.7 Å². The number of hydrogen-bond donors (Lipinski definition) is 0. The number of imidazole rings is 1. The summed E-state index contributed by atoms with van der Waals surface area (Å²) in [7, 11) is 3.26. The fourth-order valence-corrected chi connectivity index (χ4v) is 3.59. The zero-order chi connectivity index (χ0) is 21.6. The lowest BCUT2D eigenvalue weighted by Crippen LogP contribution is -2.10. The Balaban J connectivity index is 1.65. The Morgan fingerprint density at radius 1 is 0.774 bits per heavy atom. The van der Waals surface area contributed by atoms with Gasteiger partial charge in [0, 0.05) is 5.56 Å². The highest BCUT2D eigenvalue weighted by atomic mass is 16.5. The van der Waals surface area contributed by atoms with Crippen molar-refractivity contribution in [2.75, 3.05) is 27.4 Å². The zero-order valence-electron chi connectivity index (χ0n) is 18.0. The smallest absolute Gasteiger partial charge is 0.161 e. The van der Waals surface area contributed by atoms with Crippen molar-refractivity contribution in [2.45, 2.75) is 13.5 Å². The van der Waals surface area contributed by atoms with E-state index in [2.05, 4.69) is 10.6 Å². The molecule has 0 radical (unpaired) electrons. The second kappa shape index (κ2) is 9.43. The van der Waals surface area contributed by atoms with Gasteiger partial charge in [0.1, 0.15) is 12.4 Å². The number of para-hydroxylation sites is 4. The Bertz CT molecular complexity index is 1170. The molecule has 0 saturated heterocycles. The van der Waals surface area contributed by atoms with E-state index in [9.17, 15) is 0 Å². The molecule has 31 heavy (non-hydrogen) atoms. The molecule has 6 nitrogen and oxygen atoms in total. The lowest BCUT2D eigenvalue weighted by atomic mass is 10.2. The molecule has 0 atom stereocenters. The van der Waals surface area contributed by atoms with Crippen LogP contribution in [-0.2, 0) is 6.54 Å². The molecular formula is C25H26N2O4. The van der Waals surface area contributed by atoms with Crippen LogP contribution in [0.25, 0.3) is 22.4 Å². The van der Waals surface area contributed by atoms with E-state index >= 15 is 0 Å². The number of methoxy groups -OCH3 is 2. The summed E-state index contributed by atoms with van der Waals surface area (Å²) < 4.78 is 24.8. The number of nitrogens with zero attached hydrogens (tertiary/aromatic N) is 2. The Morgan fingerprint density at radius 2 is 1.48 bits per heavy atom. The molecule has 0 saturated carbocycles. The van der Waals surface area contributed by atoms with Gasteiger partial charge in [0.25, 0.3) is 0 Å². The minimum atomic E-state index is 0.477. The molecule has 0 aliphatic heterocycles. The molecule has 0 amide bonds. The van der Waals surface area contributed by atoms with Crippen LogP contribution in [0.15, 0.2) is 66.7 Å². The summed E-state index contributed by atoms with van der Waals surface area (Å²) in [5.74, 6) is 3.69. The van der Waals surface area contributed by atoms with Gasteiger partial charge in [-0.25, -0.2) is 4.98 Å². The third kappa shape index (κ3) is 4.28. The van der Waals surface area contributed by atoms with Gasteiger partial charge in [-0.15, -0.1) is 0 Å². The van der Waals surface area contributed by atoms with E-state index in [-0.39, 0.29) is 0 Å². The summed E-state index contributed by atoms with van der Waals surface area (Å²) in [5, 5.41) is 0. The average Bonchev–Trinajstić information content (AvgIpc) is 3.18. The van der Waals surface area contributed by atoms with Crippen LogP contribution in [0, 0.1) is 0 Å². The maximum Gasteiger partial charge on any atom is 0.161 e. The highest BCUT2D eigenvalue weighted by molar-refractivity contribution is 5.81. The van der Waals surface area contributed by atoms with Crippen molar-refractivity contribution in [3.63, 3.8) is 0 Å². The van der Waals surface area contributed by atoms with Crippen molar-refractivity contribution >= 4 is 11.0 Å². The van der Waals surface area contributed by atoms with Crippen LogP contribution in [0.2, 0.25) is 0 Å². The number of benzene rings is 3. The first kappa shape index (κ1) is 20.6. The summed E-state index contributed by atoms with van der Waals surface area (Å²) >= 11 is 0. The SMILES string of the molecule is CCOc1ccccc1OCCn1c(-c2ccc(OC)c(OC)c2)nc2ccccc21. The van der Waals surface area contributed by atoms with E-state index in [4.69, 9.17) is 23.9 Å². The molecule has 6 heteroatoms. The zero-order valence-corrected chi connectivity index (χ0v) is 18.0. The molecule has 0 unspecified atom stereocenters. The lowest BCUT2D eigenvalue weighted by Gasteiger charge is -2.14. The molecule has 4 rings (SSSR count). The molecule has 1 aromatic heterocycles. The molecule has 0 aliphatic carbocycles. The molecule has 4 aromatic rings. The third-order valence-electron chi connectivity index (χ3n) is 5.02. The van der Waals surface area contributed by atoms with E-state index in [0.29, 0.717) is 31.3 Å². The molecule has 0 spiro atoms. The molecule has 1 heterocycles. The highest BCUT2D eigenvalue weighted by Gasteiger charge is 2.15. The van der Waals surface area contributed by atoms with Crippen LogP contribution < -0.4 is 18.9 Å². The quantitative estimate of drug-likeness (QED) is 0.374. The van der Waals surface area contributed by atoms with E-state index in [1.165, 1.54) is 0 Å². The van der Waals surface area contributed by atoms with Gasteiger partial charge in [-0.2, -0.15) is 0 Å². The van der Waals surface area contributed by atoms with Gasteiger partial charge in [-0.05, 0) is 49.4 Å². The van der Waals surface area contributed by atoms with Crippen LogP contribution in [0.3, 0.4) is 0 Å². The second-order valence-corrected chi connectivity index (χ2v) is 6.87. The van der Waals surface area contributed by atoms with Crippen LogP contribution in [0.5, 0.6) is 23.0 Å². The van der Waals surface area contributed by atoms with Crippen LogP contribution in [-0.4, -0.2) is 37.0 Å².